The van der Waals surface area contributed by atoms with Gasteiger partial charge in [0.05, 0.1) is 5.69 Å². The number of hydrogen-bond acceptors (Lipinski definition) is 4. The summed E-state index contributed by atoms with van der Waals surface area (Å²) >= 11 is 0. The molecule has 0 bridgehead atoms. The topological polar surface area (TPSA) is 57.8 Å². The van der Waals surface area contributed by atoms with Crippen LogP contribution in [0, 0.1) is 5.92 Å². The fourth-order valence-corrected chi connectivity index (χ4v) is 4.44. The molecule has 1 aliphatic heterocycles. The Hall–Kier alpha value is -2.99. The lowest BCUT2D eigenvalue weighted by Crippen LogP contribution is -2.32. The molecular formula is C25H29N3O3. The number of carbonyl (C=O) groups excluding carboxylic acids is 1. The molecule has 0 unspecified atom stereocenters. The molecule has 1 aromatic heterocycles. The summed E-state index contributed by atoms with van der Waals surface area (Å²) in [5, 5.41) is 1.11. The van der Waals surface area contributed by atoms with Crippen LogP contribution in [0.15, 0.2) is 42.5 Å². The third-order valence-corrected chi connectivity index (χ3v) is 6.06. The first-order valence-corrected chi connectivity index (χ1v) is 10.8. The second kappa shape index (κ2) is 7.31. The van der Waals surface area contributed by atoms with Gasteiger partial charge in [0.1, 0.15) is 0 Å². The fourth-order valence-electron chi connectivity index (χ4n) is 4.44. The third kappa shape index (κ3) is 3.76. The van der Waals surface area contributed by atoms with Crippen molar-refractivity contribution in [3.8, 4) is 11.5 Å². The number of hydrogen-bond donors (Lipinski definition) is 1. The van der Waals surface area contributed by atoms with E-state index >= 15 is 0 Å². The number of aromatic nitrogens is 1. The Labute approximate surface area is 182 Å². The van der Waals surface area contributed by atoms with E-state index in [0.29, 0.717) is 5.75 Å². The van der Waals surface area contributed by atoms with Gasteiger partial charge in [0.2, 0.25) is 12.7 Å². The van der Waals surface area contributed by atoms with Crippen LogP contribution in [0.4, 0.5) is 11.4 Å². The molecule has 31 heavy (non-hydrogen) atoms. The average Bonchev–Trinajstić information content (AvgIpc) is 3.30. The van der Waals surface area contributed by atoms with Gasteiger partial charge < -0.3 is 19.4 Å². The van der Waals surface area contributed by atoms with Crippen molar-refractivity contribution in [2.45, 2.75) is 32.1 Å². The third-order valence-electron chi connectivity index (χ3n) is 6.06. The van der Waals surface area contributed by atoms with Crippen molar-refractivity contribution in [3.05, 3.63) is 48.2 Å². The van der Waals surface area contributed by atoms with Crippen LogP contribution < -0.4 is 14.4 Å². The Bertz CT molecular complexity index is 1140. The molecule has 0 saturated heterocycles. The summed E-state index contributed by atoms with van der Waals surface area (Å²) in [5.74, 6) is 1.64. The van der Waals surface area contributed by atoms with Crippen molar-refractivity contribution in [3.63, 3.8) is 0 Å². The second-order valence-corrected chi connectivity index (χ2v) is 9.56. The summed E-state index contributed by atoms with van der Waals surface area (Å²) in [6, 6.07) is 14.1. The molecule has 0 radical (unpaired) electrons. The minimum atomic E-state index is -0.0104. The molecule has 1 saturated carbocycles. The van der Waals surface area contributed by atoms with E-state index in [9.17, 15) is 4.79 Å². The van der Waals surface area contributed by atoms with Crippen LogP contribution in [0.25, 0.3) is 10.9 Å². The van der Waals surface area contributed by atoms with E-state index in [0.717, 1.165) is 47.4 Å². The highest BCUT2D eigenvalue weighted by atomic mass is 16.7. The van der Waals surface area contributed by atoms with Gasteiger partial charge in [0.25, 0.3) is 0 Å². The van der Waals surface area contributed by atoms with Gasteiger partial charge in [-0.2, -0.15) is 0 Å². The molecule has 1 aliphatic carbocycles. The number of likely N-dealkylation sites (N-methyl/N-ethyl adjacent to an activating group) is 1. The minimum absolute atomic E-state index is 0.0104. The summed E-state index contributed by atoms with van der Waals surface area (Å²) in [5.41, 5.74) is 3.94. The summed E-state index contributed by atoms with van der Waals surface area (Å²) < 4.78 is 11.0. The zero-order valence-corrected chi connectivity index (χ0v) is 18.6. The van der Waals surface area contributed by atoms with Gasteiger partial charge in [-0.25, -0.2) is 0 Å². The van der Waals surface area contributed by atoms with E-state index in [1.165, 1.54) is 5.69 Å². The molecule has 1 amide bonds. The van der Waals surface area contributed by atoms with Gasteiger partial charge in [-0.05, 0) is 63.3 Å². The van der Waals surface area contributed by atoms with Gasteiger partial charge >= 0.3 is 0 Å². The van der Waals surface area contributed by atoms with Crippen LogP contribution in [-0.2, 0) is 10.2 Å². The minimum Gasteiger partial charge on any atom is -0.454 e. The highest BCUT2D eigenvalue weighted by Crippen LogP contribution is 2.41. The molecule has 6 nitrogen and oxygen atoms in total. The summed E-state index contributed by atoms with van der Waals surface area (Å²) in [6.07, 6.45) is 1.91. The first-order chi connectivity index (χ1) is 14.8. The average molecular weight is 420 g/mol. The van der Waals surface area contributed by atoms with Crippen LogP contribution in [0.1, 0.15) is 32.4 Å². The molecule has 2 aromatic carbocycles. The number of aromatic amines is 1. The zero-order chi connectivity index (χ0) is 21.8. The van der Waals surface area contributed by atoms with Crippen molar-refractivity contribution in [1.82, 2.24) is 9.88 Å². The van der Waals surface area contributed by atoms with Crippen molar-refractivity contribution in [2.24, 2.45) is 5.92 Å². The summed E-state index contributed by atoms with van der Waals surface area (Å²) in [6.45, 7) is 5.65. The van der Waals surface area contributed by atoms with Crippen molar-refractivity contribution in [2.75, 3.05) is 32.3 Å². The Morgan fingerprint density at radius 1 is 1.03 bits per heavy atom. The molecule has 6 heteroatoms. The number of amides is 1. The number of H-pyrrole nitrogens is 1. The Morgan fingerprint density at radius 3 is 2.48 bits per heavy atom. The maximum atomic E-state index is 13.3. The van der Waals surface area contributed by atoms with Gasteiger partial charge in [0, 0.05) is 46.2 Å². The standard InChI is InChI=1S/C25H29N3O3/c1-25(2,14-27(3)4)23-12-17-11-18(7-9-20(17)26-23)28(24(29)16-5-6-16)19-8-10-21-22(13-19)31-15-30-21/h7-13,16,26H,5-6,14-15H2,1-4H3. The predicted molar refractivity (Wildman–Crippen MR) is 122 cm³/mol. The van der Waals surface area contributed by atoms with Crippen LogP contribution in [0.5, 0.6) is 11.5 Å². The van der Waals surface area contributed by atoms with Crippen molar-refractivity contribution in [1.29, 1.82) is 0 Å². The molecule has 0 spiro atoms. The lowest BCUT2D eigenvalue weighted by atomic mass is 9.89. The number of carbonyl (C=O) groups is 1. The van der Waals surface area contributed by atoms with Crippen LogP contribution in [0.2, 0.25) is 0 Å². The number of ether oxygens (including phenoxy) is 2. The first-order valence-electron chi connectivity index (χ1n) is 10.8. The number of benzene rings is 2. The van der Waals surface area contributed by atoms with E-state index in [2.05, 4.69) is 56.0 Å². The normalized spacial score (nSPS) is 15.6. The molecule has 1 N–H and O–H groups in total. The molecule has 162 valence electrons. The Balaban J connectivity index is 1.55. The van der Waals surface area contributed by atoms with Gasteiger partial charge in [-0.15, -0.1) is 0 Å². The molecule has 2 heterocycles. The first kappa shape index (κ1) is 19.9. The summed E-state index contributed by atoms with van der Waals surface area (Å²) in [7, 11) is 4.19. The Morgan fingerprint density at radius 2 is 1.74 bits per heavy atom. The van der Waals surface area contributed by atoms with Gasteiger partial charge in [-0.1, -0.05) is 13.8 Å². The predicted octanol–water partition coefficient (Wildman–Crippen LogP) is 4.81. The van der Waals surface area contributed by atoms with Crippen molar-refractivity contribution < 1.29 is 14.3 Å². The largest absolute Gasteiger partial charge is 0.454 e. The second-order valence-electron chi connectivity index (χ2n) is 9.56. The SMILES string of the molecule is CN(C)CC(C)(C)c1cc2cc(N(C(=O)C3CC3)c3ccc4c(c3)OCO4)ccc2[nH]1. The monoisotopic (exact) mass is 419 g/mol. The van der Waals surface area contributed by atoms with Crippen molar-refractivity contribution >= 4 is 28.2 Å². The van der Waals surface area contributed by atoms with E-state index in [1.54, 1.807) is 0 Å². The van der Waals surface area contributed by atoms with E-state index in [1.807, 2.05) is 29.2 Å². The number of anilines is 2. The molecular weight excluding hydrogens is 390 g/mol. The number of nitrogens with zero attached hydrogens (tertiary/aromatic N) is 2. The molecule has 2 aliphatic rings. The van der Waals surface area contributed by atoms with Crippen LogP contribution in [0.3, 0.4) is 0 Å². The van der Waals surface area contributed by atoms with E-state index in [4.69, 9.17) is 9.47 Å². The highest BCUT2D eigenvalue weighted by Gasteiger charge is 2.35. The van der Waals surface area contributed by atoms with Crippen LogP contribution in [-0.4, -0.2) is 43.2 Å². The summed E-state index contributed by atoms with van der Waals surface area (Å²) in [4.78, 5) is 20.9. The molecule has 0 atom stereocenters. The van der Waals surface area contributed by atoms with Gasteiger partial charge in [0.15, 0.2) is 11.5 Å². The van der Waals surface area contributed by atoms with Crippen LogP contribution >= 0.6 is 0 Å². The quantitative estimate of drug-likeness (QED) is 0.623. The molecule has 3 aromatic rings. The number of fused-ring (bicyclic) bond motifs is 2. The maximum absolute atomic E-state index is 13.3. The van der Waals surface area contributed by atoms with Gasteiger partial charge in [-0.3, -0.25) is 9.69 Å². The zero-order valence-electron chi connectivity index (χ0n) is 18.6. The fraction of sp³-hybridized carbons (Fsp3) is 0.400. The molecule has 1 fully saturated rings. The number of nitrogens with one attached hydrogen (secondary N) is 1. The Kier molecular flexibility index (Phi) is 4.70. The van der Waals surface area contributed by atoms with E-state index in [-0.39, 0.29) is 24.0 Å². The van der Waals surface area contributed by atoms with E-state index < -0.39 is 0 Å². The highest BCUT2D eigenvalue weighted by molar-refractivity contribution is 6.04. The maximum Gasteiger partial charge on any atom is 0.234 e. The number of rotatable bonds is 6. The lowest BCUT2D eigenvalue weighted by molar-refractivity contribution is -0.119. The lowest BCUT2D eigenvalue weighted by Gasteiger charge is -2.27. The smallest absolute Gasteiger partial charge is 0.234 e. The molecule has 5 rings (SSSR count).